The minimum absolute atomic E-state index is 0.0948. The summed E-state index contributed by atoms with van der Waals surface area (Å²) in [7, 11) is 0. The van der Waals surface area contributed by atoms with Crippen molar-refractivity contribution in [3.63, 3.8) is 0 Å². The fourth-order valence-corrected chi connectivity index (χ4v) is 3.22. The molecule has 0 saturated carbocycles. The third-order valence-electron chi connectivity index (χ3n) is 5.13. The van der Waals surface area contributed by atoms with Crippen molar-refractivity contribution in [1.29, 1.82) is 0 Å². The smallest absolute Gasteiger partial charge is 0.228 e. The second-order valence-electron chi connectivity index (χ2n) is 7.20. The van der Waals surface area contributed by atoms with Crippen molar-refractivity contribution in [2.24, 2.45) is 11.7 Å². The van der Waals surface area contributed by atoms with Crippen LogP contribution in [0.5, 0.6) is 0 Å². The zero-order chi connectivity index (χ0) is 19.9. The summed E-state index contributed by atoms with van der Waals surface area (Å²) >= 11 is 0. The van der Waals surface area contributed by atoms with Crippen LogP contribution in [-0.2, 0) is 16.0 Å². The standard InChI is InChI=1S/C22H28N4O2/c1-17(16-23)22(28)24-19-9-7-18(8-10-19)15-21(27)26-13-11-25(12-14-26)20-5-3-2-4-6-20/h2-10,17H,11-16,23H2,1H3,(H,24,28). The molecule has 28 heavy (non-hydrogen) atoms. The quantitative estimate of drug-likeness (QED) is 0.805. The van der Waals surface area contributed by atoms with E-state index in [0.717, 1.165) is 37.4 Å². The normalized spacial score (nSPS) is 15.2. The number of nitrogens with one attached hydrogen (secondary N) is 1. The van der Waals surface area contributed by atoms with E-state index < -0.39 is 0 Å². The van der Waals surface area contributed by atoms with E-state index in [9.17, 15) is 9.59 Å². The highest BCUT2D eigenvalue weighted by atomic mass is 16.2. The molecule has 0 aromatic heterocycles. The first kappa shape index (κ1) is 19.9. The van der Waals surface area contributed by atoms with E-state index in [1.807, 2.05) is 47.4 Å². The van der Waals surface area contributed by atoms with Gasteiger partial charge in [0.1, 0.15) is 0 Å². The molecule has 1 saturated heterocycles. The van der Waals surface area contributed by atoms with Crippen LogP contribution in [0.3, 0.4) is 0 Å². The van der Waals surface area contributed by atoms with Crippen LogP contribution in [0.25, 0.3) is 0 Å². The molecule has 6 heteroatoms. The Bertz CT molecular complexity index is 784. The lowest BCUT2D eigenvalue weighted by Gasteiger charge is -2.36. The van der Waals surface area contributed by atoms with E-state index >= 15 is 0 Å². The van der Waals surface area contributed by atoms with Crippen molar-refractivity contribution in [3.8, 4) is 0 Å². The summed E-state index contributed by atoms with van der Waals surface area (Å²) in [6.07, 6.45) is 0.374. The molecule has 1 heterocycles. The molecule has 1 aliphatic heterocycles. The third kappa shape index (κ3) is 5.10. The Kier molecular flexibility index (Phi) is 6.66. The number of rotatable bonds is 6. The highest BCUT2D eigenvalue weighted by Crippen LogP contribution is 2.17. The van der Waals surface area contributed by atoms with Gasteiger partial charge in [0.15, 0.2) is 0 Å². The zero-order valence-electron chi connectivity index (χ0n) is 16.3. The molecule has 0 aliphatic carbocycles. The van der Waals surface area contributed by atoms with Crippen LogP contribution in [0.1, 0.15) is 12.5 Å². The molecular formula is C22H28N4O2. The molecular weight excluding hydrogens is 352 g/mol. The number of para-hydroxylation sites is 1. The van der Waals surface area contributed by atoms with Gasteiger partial charge in [-0.3, -0.25) is 9.59 Å². The van der Waals surface area contributed by atoms with Crippen LogP contribution < -0.4 is 16.0 Å². The molecule has 6 nitrogen and oxygen atoms in total. The number of carbonyl (C=O) groups excluding carboxylic acids is 2. The Morgan fingerprint density at radius 2 is 1.64 bits per heavy atom. The van der Waals surface area contributed by atoms with Gasteiger partial charge in [-0.25, -0.2) is 0 Å². The first-order chi connectivity index (χ1) is 13.6. The molecule has 1 unspecified atom stereocenters. The van der Waals surface area contributed by atoms with E-state index in [2.05, 4.69) is 22.3 Å². The molecule has 0 radical (unpaired) electrons. The highest BCUT2D eigenvalue weighted by Gasteiger charge is 2.21. The zero-order valence-corrected chi connectivity index (χ0v) is 16.3. The summed E-state index contributed by atoms with van der Waals surface area (Å²) in [6, 6.07) is 17.7. The van der Waals surface area contributed by atoms with Crippen molar-refractivity contribution in [2.75, 3.05) is 42.9 Å². The average molecular weight is 380 g/mol. The van der Waals surface area contributed by atoms with Crippen molar-refractivity contribution in [2.45, 2.75) is 13.3 Å². The number of piperazine rings is 1. The van der Waals surface area contributed by atoms with Crippen LogP contribution in [0.2, 0.25) is 0 Å². The minimum atomic E-state index is -0.226. The Labute approximate surface area is 166 Å². The van der Waals surface area contributed by atoms with Gasteiger partial charge >= 0.3 is 0 Å². The van der Waals surface area contributed by atoms with Crippen molar-refractivity contribution >= 4 is 23.2 Å². The lowest BCUT2D eigenvalue weighted by atomic mass is 10.1. The summed E-state index contributed by atoms with van der Waals surface area (Å²) in [6.45, 7) is 5.27. The number of hydrogen-bond donors (Lipinski definition) is 2. The maximum atomic E-state index is 12.6. The molecule has 1 atom stereocenters. The molecule has 2 aromatic carbocycles. The van der Waals surface area contributed by atoms with Gasteiger partial charge in [0.05, 0.1) is 6.42 Å². The van der Waals surface area contributed by atoms with Gasteiger partial charge in [-0.05, 0) is 29.8 Å². The van der Waals surface area contributed by atoms with Gasteiger partial charge < -0.3 is 20.9 Å². The summed E-state index contributed by atoms with van der Waals surface area (Å²) in [5.74, 6) is -0.181. The van der Waals surface area contributed by atoms with E-state index in [1.165, 1.54) is 5.69 Å². The Morgan fingerprint density at radius 1 is 1.00 bits per heavy atom. The fourth-order valence-electron chi connectivity index (χ4n) is 3.22. The molecule has 1 aliphatic rings. The fraction of sp³-hybridized carbons (Fsp3) is 0.364. The molecule has 0 spiro atoms. The number of nitrogens with two attached hydrogens (primary N) is 1. The van der Waals surface area contributed by atoms with E-state index in [4.69, 9.17) is 5.73 Å². The van der Waals surface area contributed by atoms with Crippen molar-refractivity contribution < 1.29 is 9.59 Å². The topological polar surface area (TPSA) is 78.7 Å². The molecule has 1 fully saturated rings. The Morgan fingerprint density at radius 3 is 2.25 bits per heavy atom. The largest absolute Gasteiger partial charge is 0.368 e. The number of amides is 2. The second kappa shape index (κ2) is 9.37. The first-order valence-corrected chi connectivity index (χ1v) is 9.74. The first-order valence-electron chi connectivity index (χ1n) is 9.74. The van der Waals surface area contributed by atoms with Gasteiger partial charge in [0.25, 0.3) is 0 Å². The summed E-state index contributed by atoms with van der Waals surface area (Å²) < 4.78 is 0. The van der Waals surface area contributed by atoms with Crippen LogP contribution in [0.4, 0.5) is 11.4 Å². The molecule has 148 valence electrons. The maximum Gasteiger partial charge on any atom is 0.228 e. The minimum Gasteiger partial charge on any atom is -0.368 e. The third-order valence-corrected chi connectivity index (χ3v) is 5.13. The SMILES string of the molecule is CC(CN)C(=O)Nc1ccc(CC(=O)N2CCN(c3ccccc3)CC2)cc1. The summed E-state index contributed by atoms with van der Waals surface area (Å²) in [4.78, 5) is 28.7. The Hall–Kier alpha value is -2.86. The highest BCUT2D eigenvalue weighted by molar-refractivity contribution is 5.92. The lowest BCUT2D eigenvalue weighted by Crippen LogP contribution is -2.49. The molecule has 3 rings (SSSR count). The van der Waals surface area contributed by atoms with Gasteiger partial charge in [0.2, 0.25) is 11.8 Å². The predicted molar refractivity (Wildman–Crippen MR) is 112 cm³/mol. The lowest BCUT2D eigenvalue weighted by molar-refractivity contribution is -0.130. The van der Waals surface area contributed by atoms with Crippen LogP contribution in [-0.4, -0.2) is 49.4 Å². The van der Waals surface area contributed by atoms with E-state index in [1.54, 1.807) is 6.92 Å². The van der Waals surface area contributed by atoms with Crippen LogP contribution in [0.15, 0.2) is 54.6 Å². The number of benzene rings is 2. The molecule has 0 bridgehead atoms. The molecule has 3 N–H and O–H groups in total. The number of anilines is 2. The van der Waals surface area contributed by atoms with Gasteiger partial charge in [-0.2, -0.15) is 0 Å². The van der Waals surface area contributed by atoms with Crippen molar-refractivity contribution in [3.05, 3.63) is 60.2 Å². The monoisotopic (exact) mass is 380 g/mol. The molecule has 2 amide bonds. The van der Waals surface area contributed by atoms with Gasteiger partial charge in [0, 0.05) is 50.0 Å². The van der Waals surface area contributed by atoms with Crippen LogP contribution >= 0.6 is 0 Å². The molecule has 2 aromatic rings. The van der Waals surface area contributed by atoms with Gasteiger partial charge in [-0.15, -0.1) is 0 Å². The van der Waals surface area contributed by atoms with E-state index in [-0.39, 0.29) is 17.7 Å². The summed E-state index contributed by atoms with van der Waals surface area (Å²) in [5.41, 5.74) is 8.38. The van der Waals surface area contributed by atoms with E-state index in [0.29, 0.717) is 13.0 Å². The second-order valence-corrected chi connectivity index (χ2v) is 7.20. The number of carbonyl (C=O) groups is 2. The average Bonchev–Trinajstić information content (AvgIpc) is 2.75. The Balaban J connectivity index is 1.49. The maximum absolute atomic E-state index is 12.6. The number of nitrogens with zero attached hydrogens (tertiary/aromatic N) is 2. The van der Waals surface area contributed by atoms with Crippen molar-refractivity contribution in [1.82, 2.24) is 4.90 Å². The van der Waals surface area contributed by atoms with Crippen LogP contribution in [0, 0.1) is 5.92 Å². The van der Waals surface area contributed by atoms with Gasteiger partial charge in [-0.1, -0.05) is 37.3 Å². The predicted octanol–water partition coefficient (Wildman–Crippen LogP) is 2.11. The number of hydrogen-bond acceptors (Lipinski definition) is 4. The summed E-state index contributed by atoms with van der Waals surface area (Å²) in [5, 5.41) is 2.84.